The van der Waals surface area contributed by atoms with E-state index in [0.717, 1.165) is 24.6 Å². The lowest BCUT2D eigenvalue weighted by molar-refractivity contribution is -0.137. The van der Waals surface area contributed by atoms with E-state index in [1.165, 1.54) is 18.2 Å². The van der Waals surface area contributed by atoms with Crippen molar-refractivity contribution in [1.29, 1.82) is 0 Å². The van der Waals surface area contributed by atoms with Gasteiger partial charge in [0, 0.05) is 54.3 Å². The molecule has 1 aromatic heterocycles. The topological polar surface area (TPSA) is 64.2 Å². The quantitative estimate of drug-likeness (QED) is 0.494. The maximum absolute atomic E-state index is 14.6. The summed E-state index contributed by atoms with van der Waals surface area (Å²) in [5.74, 6) is -2.48. The molecule has 0 bridgehead atoms. The van der Waals surface area contributed by atoms with Gasteiger partial charge in [-0.3, -0.25) is 4.79 Å². The van der Waals surface area contributed by atoms with E-state index in [9.17, 15) is 18.0 Å². The summed E-state index contributed by atoms with van der Waals surface area (Å²) in [6.45, 7) is 2.98. The van der Waals surface area contributed by atoms with Crippen molar-refractivity contribution < 1.29 is 18.0 Å². The molecular weight excluding hydrogens is 489 g/mol. The molecule has 0 radical (unpaired) electrons. The number of amides is 1. The Morgan fingerprint density at radius 1 is 1.06 bits per heavy atom. The molecular formula is C27H28ClF3N4O. The number of aromatic nitrogens is 2. The second-order valence-electron chi connectivity index (χ2n) is 10.3. The Morgan fingerprint density at radius 2 is 1.81 bits per heavy atom. The Labute approximate surface area is 213 Å². The molecule has 3 aromatic rings. The highest BCUT2D eigenvalue weighted by molar-refractivity contribution is 6.30. The molecule has 190 valence electrons. The lowest BCUT2D eigenvalue weighted by Crippen LogP contribution is -2.43. The molecule has 1 aliphatic heterocycles. The average Bonchev–Trinajstić information content (AvgIpc) is 3.45. The van der Waals surface area contributed by atoms with Gasteiger partial charge in [-0.15, -0.1) is 0 Å². The summed E-state index contributed by atoms with van der Waals surface area (Å²) < 4.78 is 43.5. The van der Waals surface area contributed by atoms with E-state index < -0.39 is 34.8 Å². The van der Waals surface area contributed by atoms with Crippen molar-refractivity contribution in [2.45, 2.75) is 50.0 Å². The predicted octanol–water partition coefficient (Wildman–Crippen LogP) is 5.56. The second-order valence-corrected chi connectivity index (χ2v) is 10.7. The molecule has 0 unspecified atom stereocenters. The van der Waals surface area contributed by atoms with Crippen LogP contribution >= 0.6 is 11.6 Å². The second kappa shape index (κ2) is 9.56. The number of halogens is 4. The average molecular weight is 517 g/mol. The van der Waals surface area contributed by atoms with E-state index in [1.54, 1.807) is 23.0 Å². The minimum atomic E-state index is -0.642. The number of nitrogens with two attached hydrogens (primary N) is 1. The van der Waals surface area contributed by atoms with Gasteiger partial charge in [0.1, 0.15) is 17.5 Å². The minimum Gasteiger partial charge on any atom is -0.342 e. The number of likely N-dealkylation sites (tertiary alicyclic amines) is 1. The zero-order chi connectivity index (χ0) is 25.6. The third-order valence-corrected chi connectivity index (χ3v) is 7.87. The molecule has 1 saturated heterocycles. The predicted molar refractivity (Wildman–Crippen MR) is 132 cm³/mol. The largest absolute Gasteiger partial charge is 0.342 e. The first kappa shape index (κ1) is 24.8. The number of carbonyl (C=O) groups excluding carboxylic acids is 1. The normalized spacial score (nSPS) is 24.9. The first-order valence-electron chi connectivity index (χ1n) is 12.1. The fraction of sp³-hybridized carbons (Fsp3) is 0.407. The van der Waals surface area contributed by atoms with Gasteiger partial charge >= 0.3 is 0 Å². The molecule has 9 heteroatoms. The van der Waals surface area contributed by atoms with Crippen LogP contribution in [0.1, 0.15) is 55.7 Å². The monoisotopic (exact) mass is 516 g/mol. The molecule has 5 nitrogen and oxygen atoms in total. The van der Waals surface area contributed by atoms with Crippen LogP contribution in [-0.2, 0) is 4.79 Å². The van der Waals surface area contributed by atoms with E-state index in [0.29, 0.717) is 37.2 Å². The van der Waals surface area contributed by atoms with E-state index in [2.05, 4.69) is 5.10 Å². The molecule has 0 spiro atoms. The van der Waals surface area contributed by atoms with Crippen molar-refractivity contribution in [3.05, 3.63) is 82.4 Å². The van der Waals surface area contributed by atoms with Gasteiger partial charge in [-0.2, -0.15) is 5.10 Å². The van der Waals surface area contributed by atoms with Crippen molar-refractivity contribution >= 4 is 17.5 Å². The maximum Gasteiger partial charge on any atom is 0.226 e. The molecule has 2 heterocycles. The Hall–Kier alpha value is -2.84. The summed E-state index contributed by atoms with van der Waals surface area (Å²) in [7, 11) is 0. The number of rotatable bonds is 4. The molecule has 2 N–H and O–H groups in total. The van der Waals surface area contributed by atoms with E-state index in [-0.39, 0.29) is 16.8 Å². The fourth-order valence-corrected chi connectivity index (χ4v) is 6.02. The van der Waals surface area contributed by atoms with E-state index in [1.807, 2.05) is 17.9 Å². The fourth-order valence-electron chi connectivity index (χ4n) is 5.85. The van der Waals surface area contributed by atoms with Crippen LogP contribution in [0.15, 0.2) is 48.7 Å². The summed E-state index contributed by atoms with van der Waals surface area (Å²) in [4.78, 5) is 15.4. The van der Waals surface area contributed by atoms with Crippen LogP contribution < -0.4 is 5.73 Å². The third-order valence-electron chi connectivity index (χ3n) is 7.58. The highest BCUT2D eigenvalue weighted by atomic mass is 35.5. The van der Waals surface area contributed by atoms with Crippen molar-refractivity contribution in [1.82, 2.24) is 14.7 Å². The van der Waals surface area contributed by atoms with Crippen LogP contribution in [0.5, 0.6) is 0 Å². The third kappa shape index (κ3) is 4.76. The summed E-state index contributed by atoms with van der Waals surface area (Å²) in [6, 6.07) is 9.97. The summed E-state index contributed by atoms with van der Waals surface area (Å²) >= 11 is 5.97. The van der Waals surface area contributed by atoms with Crippen LogP contribution in [0.2, 0.25) is 5.02 Å². The number of carbonyl (C=O) groups is 1. The van der Waals surface area contributed by atoms with Gasteiger partial charge in [0.2, 0.25) is 5.91 Å². The number of benzene rings is 2. The molecule has 2 fully saturated rings. The van der Waals surface area contributed by atoms with Crippen LogP contribution in [0.25, 0.3) is 5.69 Å². The smallest absolute Gasteiger partial charge is 0.226 e. The van der Waals surface area contributed by atoms with E-state index >= 15 is 0 Å². The Kier molecular flexibility index (Phi) is 6.59. The van der Waals surface area contributed by atoms with Crippen molar-refractivity contribution in [3.63, 3.8) is 0 Å². The highest BCUT2D eigenvalue weighted by Gasteiger charge is 2.46. The molecule has 2 aliphatic rings. The zero-order valence-electron chi connectivity index (χ0n) is 19.9. The van der Waals surface area contributed by atoms with Crippen molar-refractivity contribution in [2.75, 3.05) is 13.1 Å². The number of hydrogen-bond donors (Lipinski definition) is 1. The van der Waals surface area contributed by atoms with Crippen LogP contribution in [0, 0.1) is 23.4 Å². The van der Waals surface area contributed by atoms with Crippen LogP contribution in [0.4, 0.5) is 13.2 Å². The van der Waals surface area contributed by atoms with Gasteiger partial charge in [0.25, 0.3) is 0 Å². The first-order valence-corrected chi connectivity index (χ1v) is 12.5. The van der Waals surface area contributed by atoms with Crippen molar-refractivity contribution in [2.24, 2.45) is 11.7 Å². The highest BCUT2D eigenvalue weighted by Crippen LogP contribution is 2.46. The Bertz CT molecular complexity index is 1290. The SMILES string of the molecule is C[C@@]1(N)C[C@H](C(=O)N2CCC(c3ccnn3-c3ccc(F)c(Cl)c3)CC2)[C@@H](c2ccc(F)cc2F)C1. The molecule has 1 amide bonds. The van der Waals surface area contributed by atoms with Crippen molar-refractivity contribution in [3.8, 4) is 5.69 Å². The van der Waals surface area contributed by atoms with Gasteiger partial charge in [-0.05, 0) is 68.5 Å². The van der Waals surface area contributed by atoms with Crippen LogP contribution in [0.3, 0.4) is 0 Å². The lowest BCUT2D eigenvalue weighted by atomic mass is 9.86. The van der Waals surface area contributed by atoms with Gasteiger partial charge in [-0.1, -0.05) is 17.7 Å². The Morgan fingerprint density at radius 3 is 2.50 bits per heavy atom. The maximum atomic E-state index is 14.6. The minimum absolute atomic E-state index is 0.0322. The molecule has 3 atom stereocenters. The zero-order valence-corrected chi connectivity index (χ0v) is 20.7. The summed E-state index contributed by atoms with van der Waals surface area (Å²) in [5.41, 5.74) is 7.81. The van der Waals surface area contributed by atoms with Gasteiger partial charge in [-0.25, -0.2) is 17.9 Å². The number of hydrogen-bond acceptors (Lipinski definition) is 3. The summed E-state index contributed by atoms with van der Waals surface area (Å²) in [5, 5.41) is 4.43. The molecule has 2 aromatic carbocycles. The van der Waals surface area contributed by atoms with E-state index in [4.69, 9.17) is 17.3 Å². The molecule has 5 rings (SSSR count). The van der Waals surface area contributed by atoms with Gasteiger partial charge < -0.3 is 10.6 Å². The number of nitrogens with zero attached hydrogens (tertiary/aromatic N) is 3. The Balaban J connectivity index is 1.31. The van der Waals surface area contributed by atoms with Crippen LogP contribution in [-0.4, -0.2) is 39.2 Å². The lowest BCUT2D eigenvalue weighted by Gasteiger charge is -2.35. The standard InChI is InChI=1S/C27H28ClF3N4O/c1-27(32)14-20(19-4-2-17(29)12-24(19)31)21(15-27)26(36)34-10-7-16(8-11-34)25-6-9-33-35(25)18-3-5-23(30)22(28)13-18/h2-6,9,12-13,16,20-21H,7-8,10-11,14-15,32H2,1H3/t20-,21+,27+/m1/s1. The van der Waals surface area contributed by atoms with Gasteiger partial charge in [0.05, 0.1) is 10.7 Å². The summed E-state index contributed by atoms with van der Waals surface area (Å²) in [6.07, 6.45) is 4.07. The first-order chi connectivity index (χ1) is 17.1. The number of piperidine rings is 1. The molecule has 36 heavy (non-hydrogen) atoms. The van der Waals surface area contributed by atoms with Gasteiger partial charge in [0.15, 0.2) is 0 Å². The molecule has 1 saturated carbocycles. The molecule has 1 aliphatic carbocycles.